The van der Waals surface area contributed by atoms with Gasteiger partial charge in [0.1, 0.15) is 0 Å². The van der Waals surface area contributed by atoms with Crippen molar-refractivity contribution in [2.24, 2.45) is 0 Å². The zero-order valence-electron chi connectivity index (χ0n) is 9.83. The summed E-state index contributed by atoms with van der Waals surface area (Å²) in [6.45, 7) is 4.26. The maximum Gasteiger partial charge on any atom is 0.156 e. The standard InChI is InChI=1S/C13H17N3/c1-3-4-9-12-14-13(16-15-12)11-8-6-5-7-10(11)2/h5-8H,3-4,9H2,1-2H3,(H,14,15,16). The molecule has 3 heteroatoms. The molecular weight excluding hydrogens is 198 g/mol. The van der Waals surface area contributed by atoms with Crippen LogP contribution in [-0.2, 0) is 6.42 Å². The van der Waals surface area contributed by atoms with E-state index in [4.69, 9.17) is 0 Å². The van der Waals surface area contributed by atoms with E-state index in [-0.39, 0.29) is 0 Å². The molecule has 0 saturated heterocycles. The smallest absolute Gasteiger partial charge is 0.156 e. The first kappa shape index (κ1) is 10.9. The van der Waals surface area contributed by atoms with Gasteiger partial charge in [0.05, 0.1) is 0 Å². The van der Waals surface area contributed by atoms with Crippen LogP contribution in [-0.4, -0.2) is 15.2 Å². The molecule has 0 saturated carbocycles. The third kappa shape index (κ3) is 2.30. The Bertz CT molecular complexity index is 460. The predicted octanol–water partition coefficient (Wildman–Crippen LogP) is 3.12. The van der Waals surface area contributed by atoms with Gasteiger partial charge in [-0.1, -0.05) is 37.6 Å². The van der Waals surface area contributed by atoms with Gasteiger partial charge in [-0.25, -0.2) is 4.98 Å². The molecule has 0 aliphatic rings. The highest BCUT2D eigenvalue weighted by atomic mass is 15.2. The molecule has 0 radical (unpaired) electrons. The third-order valence-electron chi connectivity index (χ3n) is 2.69. The molecular formula is C13H17N3. The van der Waals surface area contributed by atoms with Crippen LogP contribution in [0.1, 0.15) is 31.2 Å². The van der Waals surface area contributed by atoms with Crippen molar-refractivity contribution in [1.82, 2.24) is 15.2 Å². The SMILES string of the molecule is CCCCc1n[nH]c(-c2ccccc2C)n1. The van der Waals surface area contributed by atoms with Crippen LogP contribution in [0.4, 0.5) is 0 Å². The number of nitrogens with one attached hydrogen (secondary N) is 1. The maximum absolute atomic E-state index is 4.51. The van der Waals surface area contributed by atoms with Crippen LogP contribution in [0.15, 0.2) is 24.3 Å². The molecule has 84 valence electrons. The van der Waals surface area contributed by atoms with Gasteiger partial charge in [-0.3, -0.25) is 5.10 Å². The number of aromatic amines is 1. The summed E-state index contributed by atoms with van der Waals surface area (Å²) >= 11 is 0. The second-order valence-electron chi connectivity index (χ2n) is 4.02. The second-order valence-corrected chi connectivity index (χ2v) is 4.02. The van der Waals surface area contributed by atoms with Gasteiger partial charge in [0, 0.05) is 12.0 Å². The fourth-order valence-corrected chi connectivity index (χ4v) is 1.70. The monoisotopic (exact) mass is 215 g/mol. The molecule has 3 nitrogen and oxygen atoms in total. The number of unbranched alkanes of at least 4 members (excludes halogenated alkanes) is 1. The first-order valence-corrected chi connectivity index (χ1v) is 5.78. The summed E-state index contributed by atoms with van der Waals surface area (Å²) in [7, 11) is 0. The minimum Gasteiger partial charge on any atom is -0.259 e. The fourth-order valence-electron chi connectivity index (χ4n) is 1.70. The van der Waals surface area contributed by atoms with Crippen LogP contribution >= 0.6 is 0 Å². The number of hydrogen-bond acceptors (Lipinski definition) is 2. The molecule has 0 aliphatic heterocycles. The Morgan fingerprint density at radius 1 is 1.25 bits per heavy atom. The molecule has 0 unspecified atom stereocenters. The zero-order valence-corrected chi connectivity index (χ0v) is 9.83. The Morgan fingerprint density at radius 3 is 2.81 bits per heavy atom. The summed E-state index contributed by atoms with van der Waals surface area (Å²) in [4.78, 5) is 4.51. The Hall–Kier alpha value is -1.64. The average Bonchev–Trinajstić information content (AvgIpc) is 2.75. The lowest BCUT2D eigenvalue weighted by atomic mass is 10.1. The number of H-pyrrole nitrogens is 1. The number of hydrogen-bond donors (Lipinski definition) is 1. The lowest BCUT2D eigenvalue weighted by molar-refractivity contribution is 0.756. The Morgan fingerprint density at radius 2 is 2.06 bits per heavy atom. The number of benzene rings is 1. The molecule has 2 aromatic rings. The molecule has 1 aromatic heterocycles. The third-order valence-corrected chi connectivity index (χ3v) is 2.69. The summed E-state index contributed by atoms with van der Waals surface area (Å²) in [5, 5.41) is 7.25. The van der Waals surface area contributed by atoms with Gasteiger partial charge in [0.25, 0.3) is 0 Å². The van der Waals surface area contributed by atoms with Gasteiger partial charge in [-0.15, -0.1) is 0 Å². The van der Waals surface area contributed by atoms with Crippen LogP contribution in [0.2, 0.25) is 0 Å². The summed E-state index contributed by atoms with van der Waals surface area (Å²) in [6.07, 6.45) is 3.28. The van der Waals surface area contributed by atoms with Crippen molar-refractivity contribution in [3.05, 3.63) is 35.7 Å². The largest absolute Gasteiger partial charge is 0.259 e. The molecule has 0 atom stereocenters. The number of aromatic nitrogens is 3. The lowest BCUT2D eigenvalue weighted by Gasteiger charge is -1.99. The van der Waals surface area contributed by atoms with Crippen LogP contribution in [0.25, 0.3) is 11.4 Å². The highest BCUT2D eigenvalue weighted by Crippen LogP contribution is 2.18. The van der Waals surface area contributed by atoms with Crippen LogP contribution < -0.4 is 0 Å². The number of aryl methyl sites for hydroxylation is 2. The zero-order chi connectivity index (χ0) is 11.4. The van der Waals surface area contributed by atoms with E-state index in [1.54, 1.807) is 0 Å². The van der Waals surface area contributed by atoms with Crippen LogP contribution in [0.5, 0.6) is 0 Å². The fraction of sp³-hybridized carbons (Fsp3) is 0.385. The molecule has 0 fully saturated rings. The van der Waals surface area contributed by atoms with E-state index in [1.165, 1.54) is 12.0 Å². The molecule has 0 aliphatic carbocycles. The van der Waals surface area contributed by atoms with Crippen LogP contribution in [0.3, 0.4) is 0 Å². The van der Waals surface area contributed by atoms with Crippen molar-refractivity contribution >= 4 is 0 Å². The predicted molar refractivity (Wildman–Crippen MR) is 65.2 cm³/mol. The summed E-state index contributed by atoms with van der Waals surface area (Å²) < 4.78 is 0. The topological polar surface area (TPSA) is 41.6 Å². The van der Waals surface area contributed by atoms with E-state index in [0.717, 1.165) is 30.1 Å². The van der Waals surface area contributed by atoms with E-state index in [0.29, 0.717) is 0 Å². The van der Waals surface area contributed by atoms with Crippen molar-refractivity contribution in [2.75, 3.05) is 0 Å². The van der Waals surface area contributed by atoms with Crippen LogP contribution in [0, 0.1) is 6.92 Å². The van der Waals surface area contributed by atoms with Gasteiger partial charge >= 0.3 is 0 Å². The van der Waals surface area contributed by atoms with Crippen molar-refractivity contribution in [1.29, 1.82) is 0 Å². The van der Waals surface area contributed by atoms with Gasteiger partial charge < -0.3 is 0 Å². The Labute approximate surface area is 95.9 Å². The Kier molecular flexibility index (Phi) is 3.34. The van der Waals surface area contributed by atoms with Gasteiger partial charge in [-0.2, -0.15) is 5.10 Å². The molecule has 1 N–H and O–H groups in total. The summed E-state index contributed by atoms with van der Waals surface area (Å²) in [6, 6.07) is 8.22. The second kappa shape index (κ2) is 4.92. The van der Waals surface area contributed by atoms with E-state index in [9.17, 15) is 0 Å². The Balaban J connectivity index is 2.22. The molecule has 1 heterocycles. The van der Waals surface area contributed by atoms with Crippen molar-refractivity contribution in [3.63, 3.8) is 0 Å². The van der Waals surface area contributed by atoms with E-state index < -0.39 is 0 Å². The molecule has 0 amide bonds. The van der Waals surface area contributed by atoms with E-state index in [2.05, 4.69) is 41.2 Å². The first-order valence-electron chi connectivity index (χ1n) is 5.78. The minimum absolute atomic E-state index is 0.879. The highest BCUT2D eigenvalue weighted by molar-refractivity contribution is 5.59. The molecule has 1 aromatic carbocycles. The van der Waals surface area contributed by atoms with Gasteiger partial charge in [0.2, 0.25) is 0 Å². The average molecular weight is 215 g/mol. The molecule has 16 heavy (non-hydrogen) atoms. The number of nitrogens with zero attached hydrogens (tertiary/aromatic N) is 2. The summed E-state index contributed by atoms with van der Waals surface area (Å²) in [5.41, 5.74) is 2.36. The molecule has 0 spiro atoms. The maximum atomic E-state index is 4.51. The molecule has 2 rings (SSSR count). The van der Waals surface area contributed by atoms with E-state index >= 15 is 0 Å². The summed E-state index contributed by atoms with van der Waals surface area (Å²) in [5.74, 6) is 1.80. The molecule has 0 bridgehead atoms. The first-order chi connectivity index (χ1) is 7.81. The highest BCUT2D eigenvalue weighted by Gasteiger charge is 2.06. The normalized spacial score (nSPS) is 10.6. The van der Waals surface area contributed by atoms with Gasteiger partial charge in [0.15, 0.2) is 11.6 Å². The van der Waals surface area contributed by atoms with Crippen molar-refractivity contribution in [2.45, 2.75) is 33.1 Å². The minimum atomic E-state index is 0.879. The van der Waals surface area contributed by atoms with Gasteiger partial charge in [-0.05, 0) is 18.9 Å². The lowest BCUT2D eigenvalue weighted by Crippen LogP contribution is -1.87. The van der Waals surface area contributed by atoms with Crippen molar-refractivity contribution < 1.29 is 0 Å². The number of rotatable bonds is 4. The van der Waals surface area contributed by atoms with E-state index in [1.807, 2.05) is 12.1 Å². The van der Waals surface area contributed by atoms with Crippen molar-refractivity contribution in [3.8, 4) is 11.4 Å². The quantitative estimate of drug-likeness (QED) is 0.851.